The van der Waals surface area contributed by atoms with E-state index in [1.807, 2.05) is 6.92 Å². The molecule has 0 aromatic heterocycles. The number of hydrogen-bond donors (Lipinski definition) is 1. The molecule has 0 saturated heterocycles. The van der Waals surface area contributed by atoms with E-state index in [1.165, 1.54) is 6.04 Å². The van der Waals surface area contributed by atoms with Gasteiger partial charge in [-0.25, -0.2) is 0 Å². The smallest absolute Gasteiger partial charge is 0.198 e. The highest BCUT2D eigenvalue weighted by Crippen LogP contribution is 2.11. The zero-order valence-corrected chi connectivity index (χ0v) is 8.37. The maximum absolute atomic E-state index is 5.59. The van der Waals surface area contributed by atoms with Crippen molar-refractivity contribution in [2.24, 2.45) is 0 Å². The highest BCUT2D eigenvalue weighted by molar-refractivity contribution is 7.82. The van der Waals surface area contributed by atoms with Gasteiger partial charge in [-0.2, -0.15) is 12.6 Å². The summed E-state index contributed by atoms with van der Waals surface area (Å²) < 4.78 is 5.59. The van der Waals surface area contributed by atoms with Crippen LogP contribution >= 0.6 is 12.6 Å². The molecule has 0 aromatic carbocycles. The summed E-state index contributed by atoms with van der Waals surface area (Å²) in [5.41, 5.74) is 0. The average Bonchev–Trinajstić information content (AvgIpc) is 1.89. The second kappa shape index (κ2) is 4.36. The van der Waals surface area contributed by atoms with E-state index in [2.05, 4.69) is 26.1 Å². The molecule has 0 aliphatic heterocycles. The molecule has 1 nitrogen and oxygen atoms in total. The van der Waals surface area contributed by atoms with Gasteiger partial charge >= 0.3 is 0 Å². The van der Waals surface area contributed by atoms with Gasteiger partial charge in [0.2, 0.25) is 0 Å². The maximum atomic E-state index is 5.59. The lowest BCUT2D eigenvalue weighted by molar-refractivity contribution is 0.329. The zero-order valence-electron chi connectivity index (χ0n) is 6.48. The molecule has 0 amide bonds. The van der Waals surface area contributed by atoms with Crippen molar-refractivity contribution >= 4 is 20.9 Å². The van der Waals surface area contributed by atoms with Crippen LogP contribution in [0, 0.1) is 0 Å². The Morgan fingerprint density at radius 3 is 2.11 bits per heavy atom. The van der Waals surface area contributed by atoms with Gasteiger partial charge in [0, 0.05) is 12.0 Å². The van der Waals surface area contributed by atoms with Crippen molar-refractivity contribution in [3.05, 3.63) is 0 Å². The van der Waals surface area contributed by atoms with Crippen molar-refractivity contribution in [3.8, 4) is 0 Å². The van der Waals surface area contributed by atoms with E-state index < -0.39 is 8.32 Å². The molecule has 0 aliphatic rings. The predicted octanol–water partition coefficient (Wildman–Crippen LogP) is 2.09. The van der Waals surface area contributed by atoms with E-state index in [-0.39, 0.29) is 0 Å². The Hall–Kier alpha value is 0.527. The largest absolute Gasteiger partial charge is 0.417 e. The third-order valence-electron chi connectivity index (χ3n) is 1.58. The first-order valence-corrected chi connectivity index (χ1v) is 6.89. The molecule has 0 radical (unpaired) electrons. The minimum Gasteiger partial charge on any atom is -0.417 e. The Morgan fingerprint density at radius 2 is 2.00 bits per heavy atom. The van der Waals surface area contributed by atoms with Crippen molar-refractivity contribution in [2.75, 3.05) is 12.0 Å². The topological polar surface area (TPSA) is 9.23 Å². The minimum absolute atomic E-state index is 0.844. The monoisotopic (exact) mass is 164 g/mol. The molecule has 0 saturated carbocycles. The van der Waals surface area contributed by atoms with E-state index in [0.717, 1.165) is 12.0 Å². The molecule has 0 bridgehead atoms. The fraction of sp³-hybridized carbons (Fsp3) is 1.00. The molecule has 0 heterocycles. The van der Waals surface area contributed by atoms with E-state index in [4.69, 9.17) is 4.43 Å². The summed E-state index contributed by atoms with van der Waals surface area (Å²) in [5.74, 6) is 0. The molecule has 9 heavy (non-hydrogen) atoms. The van der Waals surface area contributed by atoms with Crippen molar-refractivity contribution in [1.82, 2.24) is 0 Å². The average molecular weight is 164 g/mol. The van der Waals surface area contributed by atoms with Crippen LogP contribution in [0.5, 0.6) is 0 Å². The van der Waals surface area contributed by atoms with Gasteiger partial charge in [-0.3, -0.25) is 0 Å². The van der Waals surface area contributed by atoms with Crippen LogP contribution < -0.4 is 0 Å². The fourth-order valence-electron chi connectivity index (χ4n) is 0.608. The number of rotatable bonds is 4. The fourth-order valence-corrected chi connectivity index (χ4v) is 2.77. The van der Waals surface area contributed by atoms with Gasteiger partial charge in [-0.05, 0) is 19.5 Å². The van der Waals surface area contributed by atoms with Crippen molar-refractivity contribution in [1.29, 1.82) is 0 Å². The minimum atomic E-state index is -1.33. The third-order valence-corrected chi connectivity index (χ3v) is 6.73. The van der Waals surface area contributed by atoms with Gasteiger partial charge in [0.15, 0.2) is 8.32 Å². The molecule has 0 aromatic rings. The lowest BCUT2D eigenvalue weighted by atomic mass is 10.9. The Balaban J connectivity index is 3.62. The standard InChI is InChI=1S/C6H16OSSi/c1-4-7-9(3,5-2)6-8/h8H,4-6H2,1-3H3. The van der Waals surface area contributed by atoms with Crippen molar-refractivity contribution < 1.29 is 4.43 Å². The SMILES string of the molecule is CCO[Si](C)(CC)CS. The molecule has 0 fully saturated rings. The summed E-state index contributed by atoms with van der Waals surface area (Å²) in [6.07, 6.45) is 0. The first-order chi connectivity index (χ1) is 4.18. The first kappa shape index (κ1) is 9.53. The highest BCUT2D eigenvalue weighted by atomic mass is 32.1. The summed E-state index contributed by atoms with van der Waals surface area (Å²) >= 11 is 4.25. The van der Waals surface area contributed by atoms with Gasteiger partial charge in [0.1, 0.15) is 0 Å². The quantitative estimate of drug-likeness (QED) is 0.494. The van der Waals surface area contributed by atoms with E-state index in [9.17, 15) is 0 Å². The van der Waals surface area contributed by atoms with Crippen LogP contribution in [0.2, 0.25) is 12.6 Å². The Bertz CT molecular complexity index is 73.5. The molecule has 0 N–H and O–H groups in total. The first-order valence-electron chi connectivity index (χ1n) is 3.43. The summed E-state index contributed by atoms with van der Waals surface area (Å²) in [6.45, 7) is 7.29. The zero-order chi connectivity index (χ0) is 7.33. The Labute approximate surface area is 64.3 Å². The Morgan fingerprint density at radius 1 is 1.44 bits per heavy atom. The summed E-state index contributed by atoms with van der Waals surface area (Å²) in [7, 11) is -1.33. The molecule has 0 aliphatic carbocycles. The molecule has 1 unspecified atom stereocenters. The molecular weight excluding hydrogens is 148 g/mol. The van der Waals surface area contributed by atoms with Crippen LogP contribution in [0.4, 0.5) is 0 Å². The normalized spacial score (nSPS) is 17.3. The third kappa shape index (κ3) is 3.28. The summed E-state index contributed by atoms with van der Waals surface area (Å²) in [6, 6.07) is 1.17. The maximum Gasteiger partial charge on any atom is 0.198 e. The van der Waals surface area contributed by atoms with Crippen LogP contribution in [0.25, 0.3) is 0 Å². The molecule has 3 heteroatoms. The highest BCUT2D eigenvalue weighted by Gasteiger charge is 2.23. The molecule has 56 valence electrons. The van der Waals surface area contributed by atoms with Crippen LogP contribution in [0.1, 0.15) is 13.8 Å². The van der Waals surface area contributed by atoms with Gasteiger partial charge in [0.05, 0.1) is 0 Å². The van der Waals surface area contributed by atoms with Crippen molar-refractivity contribution in [3.63, 3.8) is 0 Å². The van der Waals surface area contributed by atoms with E-state index in [1.54, 1.807) is 0 Å². The second-order valence-electron chi connectivity index (χ2n) is 2.39. The second-order valence-corrected chi connectivity index (χ2v) is 7.56. The number of hydrogen-bond acceptors (Lipinski definition) is 2. The summed E-state index contributed by atoms with van der Waals surface area (Å²) in [5, 5.41) is 0.942. The predicted molar refractivity (Wildman–Crippen MR) is 47.6 cm³/mol. The molecule has 1 atom stereocenters. The van der Waals surface area contributed by atoms with Gasteiger partial charge in [0.25, 0.3) is 0 Å². The van der Waals surface area contributed by atoms with Gasteiger partial charge in [-0.15, -0.1) is 0 Å². The summed E-state index contributed by atoms with van der Waals surface area (Å²) in [4.78, 5) is 0. The lowest BCUT2D eigenvalue weighted by Crippen LogP contribution is -2.36. The Kier molecular flexibility index (Phi) is 4.61. The lowest BCUT2D eigenvalue weighted by Gasteiger charge is -2.22. The van der Waals surface area contributed by atoms with E-state index >= 15 is 0 Å². The van der Waals surface area contributed by atoms with Gasteiger partial charge in [-0.1, -0.05) is 6.92 Å². The van der Waals surface area contributed by atoms with Crippen LogP contribution in [-0.4, -0.2) is 20.3 Å². The number of thiol groups is 1. The molecular formula is C6H16OSSi. The van der Waals surface area contributed by atoms with Crippen LogP contribution in [0.3, 0.4) is 0 Å². The van der Waals surface area contributed by atoms with E-state index in [0.29, 0.717) is 0 Å². The van der Waals surface area contributed by atoms with Crippen molar-refractivity contribution in [2.45, 2.75) is 26.4 Å². The van der Waals surface area contributed by atoms with Gasteiger partial charge < -0.3 is 4.43 Å². The van der Waals surface area contributed by atoms with Crippen LogP contribution in [0.15, 0.2) is 0 Å². The van der Waals surface area contributed by atoms with Crippen LogP contribution in [-0.2, 0) is 4.43 Å². The molecule has 0 rings (SSSR count). The molecule has 0 spiro atoms.